The van der Waals surface area contributed by atoms with Gasteiger partial charge in [0.15, 0.2) is 5.82 Å². The van der Waals surface area contributed by atoms with E-state index in [0.29, 0.717) is 50.2 Å². The second-order valence-corrected chi connectivity index (χ2v) is 17.4. The van der Waals surface area contributed by atoms with E-state index < -0.39 is 17.3 Å². The molecule has 2 saturated carbocycles. The normalized spacial score (nSPS) is 21.9. The van der Waals surface area contributed by atoms with E-state index >= 15 is 4.39 Å². The molecule has 2 bridgehead atoms. The molecule has 288 valence electrons. The molecular weight excluding hydrogens is 768 g/mol. The third kappa shape index (κ3) is 8.25. The third-order valence-corrected chi connectivity index (χ3v) is 12.8. The first-order chi connectivity index (χ1) is 26.7. The molecule has 3 unspecified atom stereocenters. The number of aliphatic hydroxyl groups excluding tert-OH is 1. The Morgan fingerprint density at radius 3 is 2.48 bits per heavy atom. The van der Waals surface area contributed by atoms with Crippen molar-refractivity contribution in [2.24, 2.45) is 11.8 Å². The molecule has 3 atom stereocenters. The molecule has 15 heteroatoms. The van der Waals surface area contributed by atoms with Gasteiger partial charge < -0.3 is 25.4 Å². The summed E-state index contributed by atoms with van der Waals surface area (Å²) < 4.78 is 20.4. The average molecular weight is 811 g/mol. The number of hydrogen-bond acceptors (Lipinski definition) is 8. The van der Waals surface area contributed by atoms with Crippen molar-refractivity contribution >= 4 is 78.1 Å². The Morgan fingerprint density at radius 2 is 1.93 bits per heavy atom. The van der Waals surface area contributed by atoms with Crippen LogP contribution in [0.5, 0.6) is 0 Å². The lowest BCUT2D eigenvalue weighted by molar-refractivity contribution is -0.135. The van der Waals surface area contributed by atoms with E-state index in [0.717, 1.165) is 48.2 Å². The summed E-state index contributed by atoms with van der Waals surface area (Å²) >= 11 is 14.1. The average Bonchev–Trinajstić information content (AvgIpc) is 3.64. The standard InChI is InChI=1S/C31H29Cl2FN4O2.C5H5B2NOS.C5H9N/c1-15-8-11-24(38(15)31(40)17-9-10-17)23-14-21-28(16(2)39)37-30-20(29(21)36-23)13-18(5-4-12-35)25(27(30)34)19-6-3-7-22(32)26(19)33;1-3-2-4(8-10-3)5(6,7)9;1-4-2-5(1)6-3-4/h3,6-7,13-17,24,36,39H,4-5,8-11H2,1-2H3;2,9H,1H3;4-6H,1-3H2. The van der Waals surface area contributed by atoms with Crippen molar-refractivity contribution in [1.29, 1.82) is 5.26 Å². The van der Waals surface area contributed by atoms with Crippen molar-refractivity contribution in [3.63, 3.8) is 0 Å². The van der Waals surface area contributed by atoms with Crippen LogP contribution in [-0.2, 0) is 16.6 Å². The molecular formula is C41H43B2Cl2FN6O3S. The fourth-order valence-corrected chi connectivity index (χ4v) is 9.10. The number of aryl methyl sites for hydroxylation is 2. The van der Waals surface area contributed by atoms with Crippen LogP contribution in [0.25, 0.3) is 32.9 Å². The lowest BCUT2D eigenvalue weighted by Crippen LogP contribution is -2.36. The number of carbonyl (C=O) groups is 1. The van der Waals surface area contributed by atoms with Crippen LogP contribution in [0.3, 0.4) is 0 Å². The van der Waals surface area contributed by atoms with Gasteiger partial charge in [-0.1, -0.05) is 35.3 Å². The van der Waals surface area contributed by atoms with Crippen LogP contribution in [0.2, 0.25) is 10.0 Å². The first-order valence-electron chi connectivity index (χ1n) is 19.1. The predicted molar refractivity (Wildman–Crippen MR) is 221 cm³/mol. The Balaban J connectivity index is 0.000000246. The molecule has 5 aliphatic rings. The molecule has 3 aromatic heterocycles. The maximum Gasteiger partial charge on any atom is 0.226 e. The fraction of sp³-hybridized carbons (Fsp3) is 0.463. The van der Waals surface area contributed by atoms with Crippen molar-refractivity contribution < 1.29 is 19.4 Å². The zero-order valence-electron chi connectivity index (χ0n) is 31.6. The van der Waals surface area contributed by atoms with E-state index in [1.165, 1.54) is 30.9 Å². The van der Waals surface area contributed by atoms with Crippen molar-refractivity contribution in [2.75, 3.05) is 6.54 Å². The number of pyridine rings is 1. The molecule has 6 heterocycles. The number of nitriles is 1. The summed E-state index contributed by atoms with van der Waals surface area (Å²) in [5, 5.41) is 32.4. The quantitative estimate of drug-likeness (QED) is 0.122. The number of likely N-dealkylation sites (tertiary alicyclic amines) is 1. The SMILES string of the molecule is C1NC2CC1C2.CC(O)c1nc2c(F)c(-c3cccc(Cl)c3Cl)c(CCC#N)cc2c2[nH]c(C3CCC(C)N3C(=O)C3CC3)cc12.[B]C([B])(O)c1cc(C)sn1. The summed E-state index contributed by atoms with van der Waals surface area (Å²) in [5.74, 6) is 0.793. The summed E-state index contributed by atoms with van der Waals surface area (Å²) in [6, 6.07) is 13.6. The van der Waals surface area contributed by atoms with Crippen LogP contribution >= 0.6 is 34.7 Å². The van der Waals surface area contributed by atoms with E-state index in [1.807, 2.05) is 24.0 Å². The zero-order chi connectivity index (χ0) is 40.1. The molecule has 2 aliphatic carbocycles. The summed E-state index contributed by atoms with van der Waals surface area (Å²) in [6.45, 7) is 6.87. The Hall–Kier alpha value is -3.50. The molecule has 3 saturated heterocycles. The van der Waals surface area contributed by atoms with Gasteiger partial charge in [0.1, 0.15) is 21.2 Å². The van der Waals surface area contributed by atoms with Crippen LogP contribution < -0.4 is 5.32 Å². The number of benzene rings is 2. The summed E-state index contributed by atoms with van der Waals surface area (Å²) in [4.78, 5) is 24.3. The molecule has 2 aromatic carbocycles. The Labute approximate surface area is 343 Å². The van der Waals surface area contributed by atoms with Gasteiger partial charge in [-0.25, -0.2) is 9.37 Å². The van der Waals surface area contributed by atoms with Crippen molar-refractivity contribution in [2.45, 2.75) is 102 Å². The zero-order valence-corrected chi connectivity index (χ0v) is 33.9. The highest BCUT2D eigenvalue weighted by atomic mass is 35.5. The molecule has 3 aliphatic heterocycles. The number of H-pyrrole nitrogens is 1. The third-order valence-electron chi connectivity index (χ3n) is 11.2. The van der Waals surface area contributed by atoms with Crippen LogP contribution in [-0.4, -0.2) is 69.7 Å². The molecule has 56 heavy (non-hydrogen) atoms. The van der Waals surface area contributed by atoms with E-state index in [9.17, 15) is 15.2 Å². The Morgan fingerprint density at radius 1 is 1.18 bits per heavy atom. The van der Waals surface area contributed by atoms with Crippen molar-refractivity contribution in [1.82, 2.24) is 24.6 Å². The van der Waals surface area contributed by atoms with Crippen LogP contribution in [0.4, 0.5) is 4.39 Å². The summed E-state index contributed by atoms with van der Waals surface area (Å²) in [5.41, 5.74) is 3.53. The number of aromatic amines is 1. The second-order valence-electron chi connectivity index (χ2n) is 15.6. The van der Waals surface area contributed by atoms with E-state index in [-0.39, 0.29) is 46.4 Å². The number of aliphatic hydroxyl groups is 2. The van der Waals surface area contributed by atoms with Gasteiger partial charge in [-0.2, -0.15) is 9.64 Å². The minimum Gasteiger partial charge on any atom is -0.403 e. The maximum absolute atomic E-state index is 16.6. The number of fused-ring (bicyclic) bond motifs is 4. The molecule has 9 nitrogen and oxygen atoms in total. The number of rotatable bonds is 7. The molecule has 10 rings (SSSR count). The van der Waals surface area contributed by atoms with Gasteiger partial charge >= 0.3 is 0 Å². The van der Waals surface area contributed by atoms with Gasteiger partial charge in [0.05, 0.1) is 45.2 Å². The first-order valence-corrected chi connectivity index (χ1v) is 20.7. The highest BCUT2D eigenvalue weighted by Crippen LogP contribution is 2.45. The topological polar surface area (TPSA) is 138 Å². The lowest BCUT2D eigenvalue weighted by Gasteiger charge is -2.28. The van der Waals surface area contributed by atoms with E-state index in [4.69, 9.17) is 44.0 Å². The lowest BCUT2D eigenvalue weighted by atomic mass is 9.63. The summed E-state index contributed by atoms with van der Waals surface area (Å²) in [6.07, 6.45) is 6.07. The number of amides is 1. The maximum atomic E-state index is 16.6. The minimum absolute atomic E-state index is 0.0919. The van der Waals surface area contributed by atoms with E-state index in [2.05, 4.69) is 32.7 Å². The highest BCUT2D eigenvalue weighted by Gasteiger charge is 2.42. The van der Waals surface area contributed by atoms with Crippen LogP contribution in [0.1, 0.15) is 98.5 Å². The second kappa shape index (κ2) is 16.4. The first kappa shape index (κ1) is 40.7. The number of nitrogens with zero attached hydrogens (tertiary/aromatic N) is 4. The smallest absolute Gasteiger partial charge is 0.226 e. The fourth-order valence-electron chi connectivity index (χ4n) is 8.10. The Kier molecular flexibility index (Phi) is 11.9. The number of hydrogen-bond donors (Lipinski definition) is 4. The monoisotopic (exact) mass is 810 g/mol. The van der Waals surface area contributed by atoms with Crippen LogP contribution in [0.15, 0.2) is 36.4 Å². The van der Waals surface area contributed by atoms with Crippen molar-refractivity contribution in [3.8, 4) is 17.2 Å². The van der Waals surface area contributed by atoms with E-state index in [1.54, 1.807) is 31.2 Å². The molecule has 0 spiro atoms. The summed E-state index contributed by atoms with van der Waals surface area (Å²) in [7, 11) is 10.3. The van der Waals surface area contributed by atoms with Gasteiger partial charge in [0.2, 0.25) is 5.91 Å². The van der Waals surface area contributed by atoms with Crippen molar-refractivity contribution in [3.05, 3.63) is 79.8 Å². The molecule has 4 radical (unpaired) electrons. The van der Waals surface area contributed by atoms with Gasteiger partial charge in [-0.15, -0.1) is 0 Å². The molecule has 5 fully saturated rings. The van der Waals surface area contributed by atoms with Gasteiger partial charge in [-0.3, -0.25) is 4.79 Å². The van der Waals surface area contributed by atoms with Gasteiger partial charge in [0, 0.05) is 62.3 Å². The highest BCUT2D eigenvalue weighted by molar-refractivity contribution is 7.05. The molecule has 1 amide bonds. The van der Waals surface area contributed by atoms with Crippen LogP contribution in [0, 0.1) is 35.9 Å². The number of aromatic nitrogens is 3. The largest absolute Gasteiger partial charge is 0.403 e. The number of carbonyl (C=O) groups excluding carboxylic acids is 1. The minimum atomic E-state index is -1.79. The number of halogens is 3. The predicted octanol–water partition coefficient (Wildman–Crippen LogP) is 8.06. The van der Waals surface area contributed by atoms with Gasteiger partial charge in [-0.05, 0) is 120 Å². The molecule has 4 N–H and O–H groups in total. The molecule has 5 aromatic rings. The number of nitrogens with one attached hydrogen (secondary N) is 2. The Bertz CT molecular complexity index is 2300. The van der Waals surface area contributed by atoms with Gasteiger partial charge in [0.25, 0.3) is 0 Å².